The molecular weight excluding hydrogens is 426 g/mol. The molecule has 0 spiro atoms. The molecule has 3 aromatic rings. The smallest absolute Gasteiger partial charge is 0.175 e. The molecule has 0 saturated carbocycles. The minimum atomic E-state index is 0.438. The van der Waals surface area contributed by atoms with E-state index in [2.05, 4.69) is 52.4 Å². The van der Waals surface area contributed by atoms with Crippen molar-refractivity contribution < 1.29 is 9.47 Å². The molecule has 0 aliphatic rings. The molecule has 0 amide bonds. The quantitative estimate of drug-likeness (QED) is 0.443. The Morgan fingerprint density at radius 3 is 2.33 bits per heavy atom. The largest absolute Gasteiger partial charge is 0.493 e. The number of rotatable bonds is 7. The lowest BCUT2D eigenvalue weighted by Gasteiger charge is -2.15. The molecule has 0 aromatic heterocycles. The van der Waals surface area contributed by atoms with Gasteiger partial charge in [0.2, 0.25) is 0 Å². The van der Waals surface area contributed by atoms with Crippen LogP contribution < -0.4 is 14.8 Å². The minimum Gasteiger partial charge on any atom is -0.493 e. The Balaban J connectivity index is 1.70. The summed E-state index contributed by atoms with van der Waals surface area (Å²) in [5, 5.41) is 4.13. The van der Waals surface area contributed by atoms with Gasteiger partial charge in [-0.15, -0.1) is 0 Å². The number of nitrogens with one attached hydrogen (secondary N) is 1. The van der Waals surface area contributed by atoms with Gasteiger partial charge in [0.05, 0.1) is 11.6 Å². The molecule has 0 heterocycles. The zero-order valence-corrected chi connectivity index (χ0v) is 17.6. The Morgan fingerprint density at radius 2 is 1.67 bits per heavy atom. The van der Waals surface area contributed by atoms with Crippen LogP contribution in [-0.2, 0) is 13.2 Å². The Labute approximate surface area is 173 Å². The SMILES string of the molecule is COc1cc(CNc2ccc(C)cc2)cc(Br)c1OCc1ccc(Cl)cc1. The number of benzene rings is 3. The Bertz CT molecular complexity index is 895. The van der Waals surface area contributed by atoms with Crippen LogP contribution in [0.5, 0.6) is 11.5 Å². The van der Waals surface area contributed by atoms with Gasteiger partial charge in [0.1, 0.15) is 6.61 Å². The summed E-state index contributed by atoms with van der Waals surface area (Å²) < 4.78 is 12.4. The lowest BCUT2D eigenvalue weighted by molar-refractivity contribution is 0.282. The lowest BCUT2D eigenvalue weighted by atomic mass is 10.2. The first-order chi connectivity index (χ1) is 13.0. The molecule has 0 aliphatic carbocycles. The number of halogens is 2. The fourth-order valence-corrected chi connectivity index (χ4v) is 3.36. The zero-order valence-electron chi connectivity index (χ0n) is 15.3. The van der Waals surface area contributed by atoms with Crippen molar-refractivity contribution in [3.05, 3.63) is 86.8 Å². The van der Waals surface area contributed by atoms with E-state index in [0.717, 1.165) is 21.3 Å². The molecule has 0 aliphatic heterocycles. The van der Waals surface area contributed by atoms with Crippen LogP contribution in [0.2, 0.25) is 5.02 Å². The normalized spacial score (nSPS) is 10.5. The van der Waals surface area contributed by atoms with Crippen LogP contribution in [-0.4, -0.2) is 7.11 Å². The summed E-state index contributed by atoms with van der Waals surface area (Å²) in [4.78, 5) is 0. The summed E-state index contributed by atoms with van der Waals surface area (Å²) in [7, 11) is 1.65. The van der Waals surface area contributed by atoms with Crippen LogP contribution >= 0.6 is 27.5 Å². The van der Waals surface area contributed by atoms with Gasteiger partial charge in [-0.3, -0.25) is 0 Å². The molecule has 3 nitrogen and oxygen atoms in total. The van der Waals surface area contributed by atoms with Crippen LogP contribution in [0.25, 0.3) is 0 Å². The first kappa shape index (κ1) is 19.6. The second kappa shape index (κ2) is 9.16. The van der Waals surface area contributed by atoms with Gasteiger partial charge in [0.25, 0.3) is 0 Å². The predicted octanol–water partition coefficient (Wildman–Crippen LogP) is 6.61. The van der Waals surface area contributed by atoms with Crippen molar-refractivity contribution in [1.82, 2.24) is 0 Å². The van der Waals surface area contributed by atoms with E-state index >= 15 is 0 Å². The molecule has 0 bridgehead atoms. The van der Waals surface area contributed by atoms with Gasteiger partial charge in [-0.1, -0.05) is 41.4 Å². The molecule has 5 heteroatoms. The highest BCUT2D eigenvalue weighted by atomic mass is 79.9. The first-order valence-corrected chi connectivity index (χ1v) is 9.76. The van der Waals surface area contributed by atoms with Crippen molar-refractivity contribution in [3.63, 3.8) is 0 Å². The Hall–Kier alpha value is -2.17. The number of methoxy groups -OCH3 is 1. The highest BCUT2D eigenvalue weighted by molar-refractivity contribution is 9.10. The van der Waals surface area contributed by atoms with E-state index in [0.29, 0.717) is 29.7 Å². The second-order valence-electron chi connectivity index (χ2n) is 6.24. The Kier molecular flexibility index (Phi) is 6.64. The van der Waals surface area contributed by atoms with Gasteiger partial charge in [0.15, 0.2) is 11.5 Å². The number of hydrogen-bond donors (Lipinski definition) is 1. The van der Waals surface area contributed by atoms with Crippen molar-refractivity contribution in [2.24, 2.45) is 0 Å². The average molecular weight is 447 g/mol. The van der Waals surface area contributed by atoms with Gasteiger partial charge in [-0.25, -0.2) is 0 Å². The van der Waals surface area contributed by atoms with Crippen LogP contribution in [0, 0.1) is 6.92 Å². The van der Waals surface area contributed by atoms with Gasteiger partial charge >= 0.3 is 0 Å². The molecule has 140 valence electrons. The predicted molar refractivity (Wildman–Crippen MR) is 115 cm³/mol. The van der Waals surface area contributed by atoms with Gasteiger partial charge < -0.3 is 14.8 Å². The summed E-state index contributed by atoms with van der Waals surface area (Å²) in [6.45, 7) is 3.21. The molecule has 3 aromatic carbocycles. The average Bonchev–Trinajstić information content (AvgIpc) is 2.67. The van der Waals surface area contributed by atoms with Crippen molar-refractivity contribution in [2.45, 2.75) is 20.1 Å². The first-order valence-electron chi connectivity index (χ1n) is 8.59. The lowest BCUT2D eigenvalue weighted by Crippen LogP contribution is -2.02. The molecule has 3 rings (SSSR count). The summed E-state index contributed by atoms with van der Waals surface area (Å²) in [5.41, 5.74) is 4.46. The summed E-state index contributed by atoms with van der Waals surface area (Å²) in [5.74, 6) is 1.38. The van der Waals surface area contributed by atoms with E-state index in [1.807, 2.05) is 36.4 Å². The molecule has 27 heavy (non-hydrogen) atoms. The standard InChI is InChI=1S/C22H21BrClNO2/c1-15-3-9-19(10-4-15)25-13-17-11-20(23)22(21(12-17)26-2)27-14-16-5-7-18(24)8-6-16/h3-12,25H,13-14H2,1-2H3. The van der Waals surface area contributed by atoms with E-state index in [4.69, 9.17) is 21.1 Å². The second-order valence-corrected chi connectivity index (χ2v) is 7.53. The van der Waals surface area contributed by atoms with Gasteiger partial charge in [-0.05, 0) is 70.4 Å². The molecule has 0 unspecified atom stereocenters. The van der Waals surface area contributed by atoms with Crippen molar-refractivity contribution in [1.29, 1.82) is 0 Å². The number of ether oxygens (including phenoxy) is 2. The summed E-state index contributed by atoms with van der Waals surface area (Å²) >= 11 is 9.53. The third-order valence-electron chi connectivity index (χ3n) is 4.13. The van der Waals surface area contributed by atoms with Crippen LogP contribution in [0.4, 0.5) is 5.69 Å². The van der Waals surface area contributed by atoms with Crippen molar-refractivity contribution in [2.75, 3.05) is 12.4 Å². The van der Waals surface area contributed by atoms with E-state index < -0.39 is 0 Å². The highest BCUT2D eigenvalue weighted by Crippen LogP contribution is 2.37. The molecule has 0 fully saturated rings. The Morgan fingerprint density at radius 1 is 0.963 bits per heavy atom. The fraction of sp³-hybridized carbons (Fsp3) is 0.182. The van der Waals surface area contributed by atoms with Crippen molar-refractivity contribution >= 4 is 33.2 Å². The molecule has 1 N–H and O–H groups in total. The third kappa shape index (κ3) is 5.41. The monoisotopic (exact) mass is 445 g/mol. The van der Waals surface area contributed by atoms with Gasteiger partial charge in [-0.2, -0.15) is 0 Å². The van der Waals surface area contributed by atoms with Crippen LogP contribution in [0.1, 0.15) is 16.7 Å². The maximum absolute atomic E-state index is 5.98. The fourth-order valence-electron chi connectivity index (χ4n) is 2.63. The molecule has 0 saturated heterocycles. The topological polar surface area (TPSA) is 30.5 Å². The van der Waals surface area contributed by atoms with E-state index in [1.165, 1.54) is 5.56 Å². The number of anilines is 1. The van der Waals surface area contributed by atoms with Crippen molar-refractivity contribution in [3.8, 4) is 11.5 Å². The molecular formula is C22H21BrClNO2. The number of hydrogen-bond acceptors (Lipinski definition) is 3. The maximum Gasteiger partial charge on any atom is 0.175 e. The summed E-state index contributed by atoms with van der Waals surface area (Å²) in [6.07, 6.45) is 0. The maximum atomic E-state index is 5.98. The minimum absolute atomic E-state index is 0.438. The zero-order chi connectivity index (χ0) is 19.2. The highest BCUT2D eigenvalue weighted by Gasteiger charge is 2.12. The van der Waals surface area contributed by atoms with E-state index in [9.17, 15) is 0 Å². The van der Waals surface area contributed by atoms with Gasteiger partial charge in [0, 0.05) is 17.3 Å². The number of aryl methyl sites for hydroxylation is 1. The van der Waals surface area contributed by atoms with Crippen LogP contribution in [0.3, 0.4) is 0 Å². The molecule has 0 radical (unpaired) electrons. The summed E-state index contributed by atoms with van der Waals surface area (Å²) in [6, 6.07) is 20.0. The van der Waals surface area contributed by atoms with Crippen LogP contribution in [0.15, 0.2) is 65.1 Å². The molecule has 0 atom stereocenters. The van der Waals surface area contributed by atoms with E-state index in [-0.39, 0.29) is 0 Å². The third-order valence-corrected chi connectivity index (χ3v) is 4.97. The van der Waals surface area contributed by atoms with E-state index in [1.54, 1.807) is 7.11 Å².